The number of ether oxygens (including phenoxy) is 1. The van der Waals surface area contributed by atoms with Crippen LogP contribution in [0.2, 0.25) is 0 Å². The Hall–Kier alpha value is -2.15. The van der Waals surface area contributed by atoms with E-state index in [2.05, 4.69) is 4.98 Å². The van der Waals surface area contributed by atoms with E-state index in [0.717, 1.165) is 30.1 Å². The van der Waals surface area contributed by atoms with Gasteiger partial charge in [-0.3, -0.25) is 9.78 Å². The average molecular weight is 362 g/mol. The van der Waals surface area contributed by atoms with E-state index in [0.29, 0.717) is 13.1 Å². The normalized spacial score (nSPS) is 21.2. The Kier molecular flexibility index (Phi) is 4.11. The average Bonchev–Trinajstić information content (AvgIpc) is 3.00. The number of thioether (sulfide) groups is 1. The maximum Gasteiger partial charge on any atom is 0.254 e. The molecular weight excluding hydrogens is 346 g/mol. The summed E-state index contributed by atoms with van der Waals surface area (Å²) in [4.78, 5) is 18.1. The summed E-state index contributed by atoms with van der Waals surface area (Å²) in [5.41, 5.74) is 0.180. The van der Waals surface area contributed by atoms with Crippen molar-refractivity contribution in [2.45, 2.75) is 17.3 Å². The molecule has 0 N–H and O–H groups in total. The van der Waals surface area contributed by atoms with Gasteiger partial charge in [-0.15, -0.1) is 11.8 Å². The third-order valence-corrected chi connectivity index (χ3v) is 6.10. The fourth-order valence-corrected chi connectivity index (χ4v) is 4.84. The quantitative estimate of drug-likeness (QED) is 0.841. The van der Waals surface area contributed by atoms with Crippen LogP contribution in [0, 0.1) is 11.6 Å². The van der Waals surface area contributed by atoms with Gasteiger partial charge in [0.2, 0.25) is 0 Å². The summed E-state index contributed by atoms with van der Waals surface area (Å²) >= 11 is 1.81. The monoisotopic (exact) mass is 362 g/mol. The molecule has 1 aromatic heterocycles. The van der Waals surface area contributed by atoms with Crippen LogP contribution < -0.4 is 4.74 Å². The van der Waals surface area contributed by atoms with E-state index in [1.54, 1.807) is 17.3 Å². The van der Waals surface area contributed by atoms with Gasteiger partial charge in [-0.25, -0.2) is 8.78 Å². The van der Waals surface area contributed by atoms with E-state index < -0.39 is 11.6 Å². The van der Waals surface area contributed by atoms with Crippen molar-refractivity contribution >= 4 is 17.7 Å². The molecule has 4 nitrogen and oxygen atoms in total. The maximum atomic E-state index is 13.3. The molecule has 4 rings (SSSR count). The second kappa shape index (κ2) is 6.29. The summed E-state index contributed by atoms with van der Waals surface area (Å²) in [5, 5.41) is 0. The molecule has 2 saturated heterocycles. The summed E-state index contributed by atoms with van der Waals surface area (Å²) in [7, 11) is 0. The van der Waals surface area contributed by atoms with Gasteiger partial charge in [0.05, 0.1) is 10.9 Å². The van der Waals surface area contributed by atoms with Gasteiger partial charge in [-0.05, 0) is 30.3 Å². The summed E-state index contributed by atoms with van der Waals surface area (Å²) in [5.74, 6) is -0.595. The highest BCUT2D eigenvalue weighted by atomic mass is 32.2. The van der Waals surface area contributed by atoms with E-state index in [4.69, 9.17) is 4.74 Å². The Morgan fingerprint density at radius 2 is 2.12 bits per heavy atom. The number of carbonyl (C=O) groups excluding carboxylic acids is 1. The van der Waals surface area contributed by atoms with Crippen LogP contribution in [-0.4, -0.2) is 45.5 Å². The number of hydrogen-bond donors (Lipinski definition) is 0. The molecule has 2 aliphatic heterocycles. The highest BCUT2D eigenvalue weighted by Gasteiger charge is 2.51. The Morgan fingerprint density at radius 3 is 2.84 bits per heavy atom. The van der Waals surface area contributed by atoms with Crippen molar-refractivity contribution in [2.24, 2.45) is 0 Å². The van der Waals surface area contributed by atoms with E-state index in [1.165, 1.54) is 6.07 Å². The van der Waals surface area contributed by atoms with Crippen molar-refractivity contribution in [3.63, 3.8) is 0 Å². The van der Waals surface area contributed by atoms with Gasteiger partial charge in [0, 0.05) is 37.0 Å². The number of nitrogens with zero attached hydrogens (tertiary/aromatic N) is 2. The number of aromatic nitrogens is 1. The second-order valence-corrected chi connectivity index (χ2v) is 7.90. The number of pyridine rings is 1. The first kappa shape index (κ1) is 16.3. The minimum Gasteiger partial charge on any atom is -0.488 e. The number of benzene rings is 1. The van der Waals surface area contributed by atoms with Crippen molar-refractivity contribution in [1.82, 2.24) is 9.88 Å². The van der Waals surface area contributed by atoms with Gasteiger partial charge in [0.25, 0.3) is 5.91 Å². The molecule has 1 unspecified atom stereocenters. The highest BCUT2D eigenvalue weighted by Crippen LogP contribution is 2.46. The first-order valence-corrected chi connectivity index (χ1v) is 8.98. The van der Waals surface area contributed by atoms with Crippen LogP contribution in [0.3, 0.4) is 0 Å². The van der Waals surface area contributed by atoms with Gasteiger partial charge in [0.15, 0.2) is 11.6 Å². The van der Waals surface area contributed by atoms with Crippen LogP contribution in [0.4, 0.5) is 8.78 Å². The lowest BCUT2D eigenvalue weighted by Gasteiger charge is -2.47. The zero-order chi connectivity index (χ0) is 17.4. The largest absolute Gasteiger partial charge is 0.488 e. The van der Waals surface area contributed by atoms with Gasteiger partial charge in [-0.1, -0.05) is 0 Å². The van der Waals surface area contributed by atoms with Crippen LogP contribution in [0.1, 0.15) is 16.8 Å². The molecule has 0 radical (unpaired) electrons. The zero-order valence-corrected chi connectivity index (χ0v) is 14.1. The first-order chi connectivity index (χ1) is 12.0. The molecule has 1 atom stereocenters. The molecule has 2 fully saturated rings. The fraction of sp³-hybridized carbons (Fsp3) is 0.333. The number of carbonyl (C=O) groups is 1. The van der Waals surface area contributed by atoms with Crippen molar-refractivity contribution in [3.8, 4) is 5.75 Å². The van der Waals surface area contributed by atoms with Gasteiger partial charge in [-0.2, -0.15) is 0 Å². The summed E-state index contributed by atoms with van der Waals surface area (Å²) in [6.07, 6.45) is 4.34. The maximum absolute atomic E-state index is 13.3. The SMILES string of the molecule is O=C(c1ccc(F)c(F)c1)N1CC2(CC(Oc3cccnc3)CS2)C1. The van der Waals surface area contributed by atoms with Crippen molar-refractivity contribution in [3.05, 3.63) is 59.9 Å². The molecule has 0 aliphatic carbocycles. The lowest BCUT2D eigenvalue weighted by atomic mass is 9.92. The summed E-state index contributed by atoms with van der Waals surface area (Å²) in [6, 6.07) is 6.97. The van der Waals surface area contributed by atoms with E-state index in [-0.39, 0.29) is 22.3 Å². The smallest absolute Gasteiger partial charge is 0.254 e. The van der Waals surface area contributed by atoms with Gasteiger partial charge in [0.1, 0.15) is 11.9 Å². The molecule has 25 heavy (non-hydrogen) atoms. The second-order valence-electron chi connectivity index (χ2n) is 6.42. The highest BCUT2D eigenvalue weighted by molar-refractivity contribution is 8.01. The van der Waals surface area contributed by atoms with E-state index in [1.807, 2.05) is 23.9 Å². The third-order valence-electron chi connectivity index (χ3n) is 4.52. The zero-order valence-electron chi connectivity index (χ0n) is 13.3. The Bertz CT molecular complexity index is 797. The lowest BCUT2D eigenvalue weighted by Crippen LogP contribution is -2.60. The lowest BCUT2D eigenvalue weighted by molar-refractivity contribution is 0.0517. The number of rotatable bonds is 3. The summed E-state index contributed by atoms with van der Waals surface area (Å²) < 4.78 is 32.2. The number of amides is 1. The number of hydrogen-bond acceptors (Lipinski definition) is 4. The van der Waals surface area contributed by atoms with Crippen LogP contribution >= 0.6 is 11.8 Å². The minimum absolute atomic E-state index is 0.00110. The standard InChI is InChI=1S/C18H16F2N2O2S/c19-15-4-3-12(6-16(15)20)17(23)22-10-18(11-22)7-14(9-25-18)24-13-2-1-5-21-8-13/h1-6,8,14H,7,9-11H2. The number of halogens is 2. The van der Waals surface area contributed by atoms with Gasteiger partial charge < -0.3 is 9.64 Å². The molecule has 2 aliphatic rings. The molecule has 1 amide bonds. The Morgan fingerprint density at radius 1 is 1.28 bits per heavy atom. The Balaban J connectivity index is 1.35. The molecule has 1 aromatic carbocycles. The van der Waals surface area contributed by atoms with Crippen molar-refractivity contribution in [1.29, 1.82) is 0 Å². The molecule has 7 heteroatoms. The van der Waals surface area contributed by atoms with Crippen LogP contribution in [0.15, 0.2) is 42.7 Å². The van der Waals surface area contributed by atoms with Gasteiger partial charge >= 0.3 is 0 Å². The molecule has 0 bridgehead atoms. The molecule has 0 saturated carbocycles. The summed E-state index contributed by atoms with van der Waals surface area (Å²) in [6.45, 7) is 1.20. The van der Waals surface area contributed by atoms with E-state index >= 15 is 0 Å². The molecule has 3 heterocycles. The molecular formula is C18H16F2N2O2S. The third kappa shape index (κ3) is 3.20. The topological polar surface area (TPSA) is 42.4 Å². The van der Waals surface area contributed by atoms with Crippen molar-refractivity contribution in [2.75, 3.05) is 18.8 Å². The first-order valence-electron chi connectivity index (χ1n) is 8.00. The van der Waals surface area contributed by atoms with E-state index in [9.17, 15) is 13.6 Å². The van der Waals surface area contributed by atoms with Crippen molar-refractivity contribution < 1.29 is 18.3 Å². The number of likely N-dealkylation sites (tertiary alicyclic amines) is 1. The minimum atomic E-state index is -0.999. The molecule has 130 valence electrons. The molecule has 1 spiro atoms. The predicted octanol–water partition coefficient (Wildman–Crippen LogP) is 3.14. The predicted molar refractivity (Wildman–Crippen MR) is 90.7 cm³/mol. The molecule has 2 aromatic rings. The van der Waals surface area contributed by atoms with Crippen LogP contribution in [0.25, 0.3) is 0 Å². The van der Waals surface area contributed by atoms with Crippen LogP contribution in [0.5, 0.6) is 5.75 Å². The van der Waals surface area contributed by atoms with Crippen LogP contribution in [-0.2, 0) is 0 Å². The Labute approximate surface area is 148 Å². The fourth-order valence-electron chi connectivity index (χ4n) is 3.31.